The number of nitrogens with zero attached hydrogens (tertiary/aromatic N) is 2. The van der Waals surface area contributed by atoms with Gasteiger partial charge in [-0.05, 0) is 41.8 Å². The van der Waals surface area contributed by atoms with Gasteiger partial charge in [-0.25, -0.2) is 13.2 Å². The summed E-state index contributed by atoms with van der Waals surface area (Å²) in [6.07, 6.45) is 2.53. The minimum atomic E-state index is -3.59. The molecule has 0 saturated carbocycles. The molecule has 1 saturated heterocycles. The van der Waals surface area contributed by atoms with E-state index in [2.05, 4.69) is 5.32 Å². The smallest absolute Gasteiger partial charge is 0.317 e. The van der Waals surface area contributed by atoms with Crippen molar-refractivity contribution < 1.29 is 22.4 Å². The number of hydrogen-bond donors (Lipinski definition) is 1. The first-order chi connectivity index (χ1) is 14.0. The normalized spacial score (nSPS) is 22.6. The van der Waals surface area contributed by atoms with Gasteiger partial charge in [0.15, 0.2) is 0 Å². The summed E-state index contributed by atoms with van der Waals surface area (Å²) in [4.78, 5) is 14.5. The predicted octanol–water partition coefficient (Wildman–Crippen LogP) is 1.80. The first-order valence-corrected chi connectivity index (χ1v) is 11.2. The lowest BCUT2D eigenvalue weighted by molar-refractivity contribution is 0.182. The number of hydrogen-bond acceptors (Lipinski definition) is 5. The van der Waals surface area contributed by atoms with E-state index in [0.717, 1.165) is 29.6 Å². The van der Waals surface area contributed by atoms with Gasteiger partial charge < -0.3 is 19.4 Å². The molecule has 1 aromatic carbocycles. The minimum absolute atomic E-state index is 0.0916. The van der Waals surface area contributed by atoms with Crippen LogP contribution in [0.15, 0.2) is 51.0 Å². The Morgan fingerprint density at radius 3 is 2.66 bits per heavy atom. The van der Waals surface area contributed by atoms with Gasteiger partial charge in [0.2, 0.25) is 10.0 Å². The average Bonchev–Trinajstić information content (AvgIpc) is 3.48. The number of amides is 2. The van der Waals surface area contributed by atoms with Crippen LogP contribution in [0.2, 0.25) is 0 Å². The molecule has 29 heavy (non-hydrogen) atoms. The van der Waals surface area contributed by atoms with Gasteiger partial charge in [0.1, 0.15) is 5.58 Å². The number of fused-ring (bicyclic) bond motifs is 1. The number of benzene rings is 1. The number of urea groups is 1. The molecule has 0 aliphatic carbocycles. The lowest BCUT2D eigenvalue weighted by Crippen LogP contribution is -2.43. The van der Waals surface area contributed by atoms with Gasteiger partial charge in [0, 0.05) is 50.6 Å². The first-order valence-electron chi connectivity index (χ1n) is 9.78. The molecule has 8 nitrogen and oxygen atoms in total. The Morgan fingerprint density at radius 1 is 1.14 bits per heavy atom. The van der Waals surface area contributed by atoms with Crippen molar-refractivity contribution >= 4 is 27.0 Å². The van der Waals surface area contributed by atoms with Crippen LogP contribution in [-0.2, 0) is 14.8 Å². The van der Waals surface area contributed by atoms with Crippen molar-refractivity contribution in [2.24, 2.45) is 5.92 Å². The van der Waals surface area contributed by atoms with Crippen molar-refractivity contribution in [2.75, 3.05) is 45.9 Å². The third kappa shape index (κ3) is 3.43. The molecule has 1 unspecified atom stereocenters. The van der Waals surface area contributed by atoms with Gasteiger partial charge in [-0.3, -0.25) is 0 Å². The summed E-state index contributed by atoms with van der Waals surface area (Å²) in [5.41, 5.74) is 2.71. The van der Waals surface area contributed by atoms with Gasteiger partial charge in [0.25, 0.3) is 0 Å². The highest BCUT2D eigenvalue weighted by molar-refractivity contribution is 7.89. The molecule has 3 aliphatic rings. The Labute approximate surface area is 169 Å². The van der Waals surface area contributed by atoms with E-state index in [0.29, 0.717) is 50.8 Å². The monoisotopic (exact) mass is 417 g/mol. The molecule has 3 aliphatic heterocycles. The van der Waals surface area contributed by atoms with E-state index in [-0.39, 0.29) is 10.9 Å². The fraction of sp³-hybridized carbons (Fsp3) is 0.450. The summed E-state index contributed by atoms with van der Waals surface area (Å²) in [5, 5.41) is 3.74. The highest BCUT2D eigenvalue weighted by atomic mass is 32.2. The van der Waals surface area contributed by atoms with Crippen LogP contribution >= 0.6 is 0 Å². The third-order valence-corrected chi connectivity index (χ3v) is 7.70. The lowest BCUT2D eigenvalue weighted by atomic mass is 10.1. The largest absolute Gasteiger partial charge is 0.464 e. The number of furan rings is 1. The quantitative estimate of drug-likeness (QED) is 0.766. The summed E-state index contributed by atoms with van der Waals surface area (Å²) < 4.78 is 38.2. The Bertz CT molecular complexity index is 1070. The summed E-state index contributed by atoms with van der Waals surface area (Å²) in [6.45, 7) is 3.72. The highest BCUT2D eigenvalue weighted by Gasteiger charge is 2.37. The number of rotatable bonds is 4. The minimum Gasteiger partial charge on any atom is -0.464 e. The SMILES string of the molecule is O=C(NCC1CCOC1)N1CC2=C(C1)CN(S(=O)(=O)c1ccc3occc3c1)C2. The van der Waals surface area contributed by atoms with Crippen molar-refractivity contribution in [1.82, 2.24) is 14.5 Å². The maximum absolute atomic E-state index is 13.1. The van der Waals surface area contributed by atoms with E-state index in [9.17, 15) is 13.2 Å². The molecule has 1 aromatic heterocycles. The molecular weight excluding hydrogens is 394 g/mol. The van der Waals surface area contributed by atoms with Gasteiger partial charge in [-0.2, -0.15) is 4.31 Å². The number of sulfonamides is 1. The van der Waals surface area contributed by atoms with Crippen LogP contribution in [0.25, 0.3) is 11.0 Å². The van der Waals surface area contributed by atoms with Crippen LogP contribution in [0.5, 0.6) is 0 Å². The van der Waals surface area contributed by atoms with Crippen LogP contribution < -0.4 is 5.32 Å². The van der Waals surface area contributed by atoms with Crippen molar-refractivity contribution in [3.8, 4) is 0 Å². The summed E-state index contributed by atoms with van der Waals surface area (Å²) in [6, 6.07) is 6.57. The van der Waals surface area contributed by atoms with Crippen LogP contribution in [-0.4, -0.2) is 69.6 Å². The standard InChI is InChI=1S/C20H23N3O5S/c24-20(21-8-14-3-5-27-13-14)22-9-16-11-23(12-17(16)10-22)29(25,26)18-1-2-19-15(7-18)4-6-28-19/h1-2,4,6-7,14H,3,5,8-13H2,(H,21,24). The molecule has 2 amide bonds. The molecule has 2 aromatic rings. The van der Waals surface area contributed by atoms with E-state index in [4.69, 9.17) is 9.15 Å². The van der Waals surface area contributed by atoms with Crippen molar-refractivity contribution in [3.63, 3.8) is 0 Å². The molecular formula is C20H23N3O5S. The van der Waals surface area contributed by atoms with Gasteiger partial charge >= 0.3 is 6.03 Å². The number of ether oxygens (including phenoxy) is 1. The molecule has 154 valence electrons. The fourth-order valence-corrected chi connectivity index (χ4v) is 5.67. The molecule has 0 radical (unpaired) electrons. The van der Waals surface area contributed by atoms with E-state index in [1.165, 1.54) is 4.31 Å². The second-order valence-corrected chi connectivity index (χ2v) is 9.81. The summed E-state index contributed by atoms with van der Waals surface area (Å²) in [7, 11) is -3.59. The Kier molecular flexibility index (Phi) is 4.60. The Morgan fingerprint density at radius 2 is 1.93 bits per heavy atom. The van der Waals surface area contributed by atoms with Gasteiger partial charge in [-0.1, -0.05) is 0 Å². The fourth-order valence-electron chi connectivity index (χ4n) is 4.20. The first kappa shape index (κ1) is 18.7. The van der Waals surface area contributed by atoms with E-state index in [1.54, 1.807) is 35.4 Å². The highest BCUT2D eigenvalue weighted by Crippen LogP contribution is 2.31. The molecule has 4 heterocycles. The van der Waals surface area contributed by atoms with Crippen LogP contribution in [0.1, 0.15) is 6.42 Å². The number of carbonyl (C=O) groups is 1. The second kappa shape index (κ2) is 7.16. The summed E-state index contributed by atoms with van der Waals surface area (Å²) >= 11 is 0. The average molecular weight is 417 g/mol. The van der Waals surface area contributed by atoms with Crippen LogP contribution in [0.3, 0.4) is 0 Å². The van der Waals surface area contributed by atoms with E-state index >= 15 is 0 Å². The van der Waals surface area contributed by atoms with E-state index in [1.807, 2.05) is 0 Å². The lowest BCUT2D eigenvalue weighted by Gasteiger charge is -2.23. The zero-order valence-corrected chi connectivity index (χ0v) is 16.8. The zero-order chi connectivity index (χ0) is 20.0. The molecule has 1 N–H and O–H groups in total. The van der Waals surface area contributed by atoms with Crippen LogP contribution in [0.4, 0.5) is 4.79 Å². The number of carbonyl (C=O) groups excluding carboxylic acids is 1. The maximum Gasteiger partial charge on any atom is 0.317 e. The summed E-state index contributed by atoms with van der Waals surface area (Å²) in [5.74, 6) is 0.384. The van der Waals surface area contributed by atoms with E-state index < -0.39 is 10.0 Å². The van der Waals surface area contributed by atoms with Gasteiger partial charge in [0.05, 0.1) is 17.8 Å². The maximum atomic E-state index is 13.1. The van der Waals surface area contributed by atoms with Gasteiger partial charge in [-0.15, -0.1) is 0 Å². The zero-order valence-electron chi connectivity index (χ0n) is 16.0. The molecule has 1 fully saturated rings. The molecule has 1 atom stereocenters. The molecule has 9 heteroatoms. The van der Waals surface area contributed by atoms with Crippen molar-refractivity contribution in [3.05, 3.63) is 41.7 Å². The third-order valence-electron chi connectivity index (χ3n) is 5.91. The van der Waals surface area contributed by atoms with Crippen LogP contribution in [0, 0.1) is 5.92 Å². The topological polar surface area (TPSA) is 92.1 Å². The second-order valence-electron chi connectivity index (χ2n) is 7.87. The number of nitrogens with one attached hydrogen (secondary N) is 1. The van der Waals surface area contributed by atoms with Crippen molar-refractivity contribution in [2.45, 2.75) is 11.3 Å². The molecule has 0 spiro atoms. The Balaban J connectivity index is 1.21. The Hall–Kier alpha value is -2.36. The van der Waals surface area contributed by atoms with Crippen molar-refractivity contribution in [1.29, 1.82) is 0 Å². The predicted molar refractivity (Wildman–Crippen MR) is 106 cm³/mol. The molecule has 0 bridgehead atoms. The molecule has 5 rings (SSSR count).